The molecule has 2 nitrogen and oxygen atoms in total. The van der Waals surface area contributed by atoms with Crippen molar-refractivity contribution in [1.29, 1.82) is 0 Å². The summed E-state index contributed by atoms with van der Waals surface area (Å²) in [6, 6.07) is 8.98. The first-order valence-electron chi connectivity index (χ1n) is 7.02. The van der Waals surface area contributed by atoms with Gasteiger partial charge in [0.25, 0.3) is 0 Å². The molecule has 0 aliphatic heterocycles. The largest absolute Gasteiger partial charge is 0.342 e. The number of benzene rings is 1. The van der Waals surface area contributed by atoms with Crippen molar-refractivity contribution in [2.24, 2.45) is 0 Å². The number of amides is 1. The summed E-state index contributed by atoms with van der Waals surface area (Å²) in [7, 11) is 1.95. The number of nitrogens with zero attached hydrogens (tertiary/aromatic N) is 1. The fraction of sp³-hybridized carbons (Fsp3) is 0.562. The zero-order chi connectivity index (χ0) is 13.1. The highest BCUT2D eigenvalue weighted by Crippen LogP contribution is 2.30. The van der Waals surface area contributed by atoms with Crippen LogP contribution in [0, 0.1) is 0 Å². The van der Waals surface area contributed by atoms with Gasteiger partial charge in [-0.3, -0.25) is 4.79 Å². The van der Waals surface area contributed by atoms with Crippen molar-refractivity contribution in [3.8, 4) is 0 Å². The molecule has 0 spiro atoms. The predicted molar refractivity (Wildman–Crippen MR) is 74.6 cm³/mol. The fourth-order valence-electron chi connectivity index (χ4n) is 2.47. The normalized spacial score (nSPS) is 16.4. The molecule has 0 saturated heterocycles. The molecular weight excluding hydrogens is 222 g/mol. The Kier molecular flexibility index (Phi) is 4.05. The third-order valence-electron chi connectivity index (χ3n) is 3.91. The SMILES string of the molecule is CCc1cccc(C(CC)C(=O)N(C)C2CC2)c1. The topological polar surface area (TPSA) is 20.3 Å². The number of hydrogen-bond acceptors (Lipinski definition) is 1. The standard InChI is InChI=1S/C16H23NO/c1-4-12-7-6-8-13(11-12)15(5-2)16(18)17(3)14-9-10-14/h6-8,11,14-15H,4-5,9-10H2,1-3H3. The number of hydrogen-bond donors (Lipinski definition) is 0. The van der Waals surface area contributed by atoms with Crippen molar-refractivity contribution in [2.45, 2.75) is 51.5 Å². The van der Waals surface area contributed by atoms with Gasteiger partial charge in [-0.2, -0.15) is 0 Å². The van der Waals surface area contributed by atoms with Crippen LogP contribution in [0.15, 0.2) is 24.3 Å². The number of carbonyl (C=O) groups is 1. The minimum atomic E-state index is 0.0297. The highest BCUT2D eigenvalue weighted by molar-refractivity contribution is 5.84. The molecule has 1 unspecified atom stereocenters. The van der Waals surface area contributed by atoms with Gasteiger partial charge in [0.05, 0.1) is 5.92 Å². The highest BCUT2D eigenvalue weighted by atomic mass is 16.2. The molecule has 1 amide bonds. The van der Waals surface area contributed by atoms with Crippen molar-refractivity contribution in [1.82, 2.24) is 4.90 Å². The van der Waals surface area contributed by atoms with E-state index in [2.05, 4.69) is 38.1 Å². The van der Waals surface area contributed by atoms with Crippen LogP contribution in [0.3, 0.4) is 0 Å². The van der Waals surface area contributed by atoms with E-state index in [1.165, 1.54) is 24.0 Å². The van der Waals surface area contributed by atoms with Crippen LogP contribution < -0.4 is 0 Å². The molecule has 1 saturated carbocycles. The molecule has 18 heavy (non-hydrogen) atoms. The van der Waals surface area contributed by atoms with E-state index in [1.807, 2.05) is 11.9 Å². The molecule has 2 heteroatoms. The second-order valence-electron chi connectivity index (χ2n) is 5.24. The van der Waals surface area contributed by atoms with Crippen LogP contribution >= 0.6 is 0 Å². The molecule has 1 fully saturated rings. The molecule has 1 atom stereocenters. The number of likely N-dealkylation sites (N-methyl/N-ethyl adjacent to an activating group) is 1. The Morgan fingerprint density at radius 3 is 2.67 bits per heavy atom. The molecule has 98 valence electrons. The van der Waals surface area contributed by atoms with E-state index in [9.17, 15) is 4.79 Å². The van der Waals surface area contributed by atoms with Crippen molar-refractivity contribution < 1.29 is 4.79 Å². The van der Waals surface area contributed by atoms with Gasteiger partial charge >= 0.3 is 0 Å². The van der Waals surface area contributed by atoms with Gasteiger partial charge in [-0.25, -0.2) is 0 Å². The predicted octanol–water partition coefficient (Wildman–Crippen LogP) is 3.36. The Balaban J connectivity index is 2.18. The number of carbonyl (C=O) groups excluding carboxylic acids is 1. The van der Waals surface area contributed by atoms with E-state index in [0.29, 0.717) is 6.04 Å². The lowest BCUT2D eigenvalue weighted by Crippen LogP contribution is -2.33. The van der Waals surface area contributed by atoms with Gasteiger partial charge in [0.2, 0.25) is 5.91 Å². The summed E-state index contributed by atoms with van der Waals surface area (Å²) >= 11 is 0. The molecule has 0 heterocycles. The maximum atomic E-state index is 12.5. The molecule has 0 aromatic heterocycles. The maximum absolute atomic E-state index is 12.5. The quantitative estimate of drug-likeness (QED) is 0.779. The van der Waals surface area contributed by atoms with Crippen LogP contribution in [0.25, 0.3) is 0 Å². The van der Waals surface area contributed by atoms with Crippen LogP contribution in [0.5, 0.6) is 0 Å². The van der Waals surface area contributed by atoms with E-state index in [1.54, 1.807) is 0 Å². The lowest BCUT2D eigenvalue weighted by molar-refractivity contribution is -0.132. The van der Waals surface area contributed by atoms with Gasteiger partial charge in [0.15, 0.2) is 0 Å². The summed E-state index contributed by atoms with van der Waals surface area (Å²) in [5.41, 5.74) is 2.49. The first-order valence-corrected chi connectivity index (χ1v) is 7.02. The van der Waals surface area contributed by atoms with Gasteiger partial charge in [-0.05, 0) is 36.8 Å². The molecule has 0 bridgehead atoms. The zero-order valence-corrected chi connectivity index (χ0v) is 11.6. The molecular formula is C16H23NO. The van der Waals surface area contributed by atoms with Crippen molar-refractivity contribution in [3.05, 3.63) is 35.4 Å². The highest BCUT2D eigenvalue weighted by Gasteiger charge is 2.33. The van der Waals surface area contributed by atoms with Crippen LogP contribution in [-0.2, 0) is 11.2 Å². The van der Waals surface area contributed by atoms with Gasteiger partial charge in [-0.1, -0.05) is 38.1 Å². The molecule has 0 N–H and O–H groups in total. The van der Waals surface area contributed by atoms with E-state index in [0.717, 1.165) is 12.8 Å². The molecule has 1 aromatic carbocycles. The number of aryl methyl sites for hydroxylation is 1. The fourth-order valence-corrected chi connectivity index (χ4v) is 2.47. The van der Waals surface area contributed by atoms with Crippen LogP contribution in [0.2, 0.25) is 0 Å². The van der Waals surface area contributed by atoms with E-state index >= 15 is 0 Å². The monoisotopic (exact) mass is 245 g/mol. The van der Waals surface area contributed by atoms with Crippen molar-refractivity contribution in [2.75, 3.05) is 7.05 Å². The summed E-state index contributed by atoms with van der Waals surface area (Å²) in [6.07, 6.45) is 4.25. The Morgan fingerprint density at radius 1 is 1.39 bits per heavy atom. The van der Waals surface area contributed by atoms with Crippen LogP contribution in [0.1, 0.15) is 50.2 Å². The van der Waals surface area contributed by atoms with Crippen molar-refractivity contribution in [3.63, 3.8) is 0 Å². The minimum Gasteiger partial charge on any atom is -0.342 e. The molecule has 1 aliphatic rings. The average molecular weight is 245 g/mol. The maximum Gasteiger partial charge on any atom is 0.230 e. The van der Waals surface area contributed by atoms with Crippen molar-refractivity contribution >= 4 is 5.91 Å². The summed E-state index contributed by atoms with van der Waals surface area (Å²) < 4.78 is 0. The van der Waals surface area contributed by atoms with Gasteiger partial charge in [0.1, 0.15) is 0 Å². The molecule has 2 rings (SSSR count). The molecule has 0 radical (unpaired) electrons. The minimum absolute atomic E-state index is 0.0297. The van der Waals surface area contributed by atoms with E-state index < -0.39 is 0 Å². The Labute approximate surface area is 110 Å². The second-order valence-corrected chi connectivity index (χ2v) is 5.24. The average Bonchev–Trinajstić information content (AvgIpc) is 3.23. The van der Waals surface area contributed by atoms with E-state index in [-0.39, 0.29) is 11.8 Å². The summed E-state index contributed by atoms with van der Waals surface area (Å²) in [6.45, 7) is 4.25. The smallest absolute Gasteiger partial charge is 0.230 e. The second kappa shape index (κ2) is 5.55. The lowest BCUT2D eigenvalue weighted by atomic mass is 9.93. The van der Waals surface area contributed by atoms with E-state index in [4.69, 9.17) is 0 Å². The summed E-state index contributed by atoms with van der Waals surface area (Å²) in [5.74, 6) is 0.315. The van der Waals surface area contributed by atoms with Gasteiger partial charge in [0, 0.05) is 13.1 Å². The Morgan fingerprint density at radius 2 is 2.11 bits per heavy atom. The first kappa shape index (κ1) is 13.1. The van der Waals surface area contributed by atoms with Gasteiger partial charge in [-0.15, -0.1) is 0 Å². The Bertz CT molecular complexity index is 423. The Hall–Kier alpha value is -1.31. The lowest BCUT2D eigenvalue weighted by Gasteiger charge is -2.23. The summed E-state index contributed by atoms with van der Waals surface area (Å²) in [5, 5.41) is 0. The van der Waals surface area contributed by atoms with Crippen LogP contribution in [-0.4, -0.2) is 23.9 Å². The molecule has 1 aromatic rings. The first-order chi connectivity index (χ1) is 8.67. The number of rotatable bonds is 5. The summed E-state index contributed by atoms with van der Waals surface area (Å²) in [4.78, 5) is 14.4. The van der Waals surface area contributed by atoms with Crippen LogP contribution in [0.4, 0.5) is 0 Å². The zero-order valence-electron chi connectivity index (χ0n) is 11.6. The third kappa shape index (κ3) is 2.74. The third-order valence-corrected chi connectivity index (χ3v) is 3.91. The molecule has 1 aliphatic carbocycles. The van der Waals surface area contributed by atoms with Gasteiger partial charge < -0.3 is 4.90 Å².